The van der Waals surface area contributed by atoms with Crippen LogP contribution in [0.3, 0.4) is 0 Å². The molecule has 1 aliphatic rings. The first-order chi connectivity index (χ1) is 9.36. The zero-order valence-corrected chi connectivity index (χ0v) is 13.6. The van der Waals surface area contributed by atoms with Gasteiger partial charge in [-0.15, -0.1) is 0 Å². The van der Waals surface area contributed by atoms with Gasteiger partial charge in [-0.25, -0.2) is 12.7 Å². The molecule has 20 heavy (non-hydrogen) atoms. The number of hydrogen-bond acceptors (Lipinski definition) is 3. The van der Waals surface area contributed by atoms with Crippen molar-refractivity contribution in [2.45, 2.75) is 31.7 Å². The van der Waals surface area contributed by atoms with Crippen molar-refractivity contribution >= 4 is 10.0 Å². The fourth-order valence-corrected chi connectivity index (χ4v) is 3.73. The minimum atomic E-state index is -3.36. The molecule has 2 atom stereocenters. The Labute approximate surface area is 122 Å². The molecule has 114 valence electrons. The summed E-state index contributed by atoms with van der Waals surface area (Å²) in [5.74, 6) is 1.19. The lowest BCUT2D eigenvalue weighted by Crippen LogP contribution is -2.29. The maximum absolute atomic E-state index is 12.5. The number of hydrogen-bond donors (Lipinski definition) is 1. The Bertz CT molecular complexity index is 565. The summed E-state index contributed by atoms with van der Waals surface area (Å²) in [7, 11) is 0.202. The lowest BCUT2D eigenvalue weighted by atomic mass is 10.3. The van der Waals surface area contributed by atoms with Crippen molar-refractivity contribution < 1.29 is 8.42 Å². The van der Waals surface area contributed by atoms with E-state index in [1.807, 2.05) is 18.5 Å². The van der Waals surface area contributed by atoms with Crippen molar-refractivity contribution in [3.05, 3.63) is 18.0 Å². The first kappa shape index (κ1) is 15.5. The molecule has 0 amide bonds. The Morgan fingerprint density at radius 1 is 1.50 bits per heavy atom. The Morgan fingerprint density at radius 3 is 2.70 bits per heavy atom. The Morgan fingerprint density at radius 2 is 2.15 bits per heavy atom. The summed E-state index contributed by atoms with van der Waals surface area (Å²) >= 11 is 0. The van der Waals surface area contributed by atoms with Gasteiger partial charge in [0, 0.05) is 39.1 Å². The lowest BCUT2D eigenvalue weighted by Gasteiger charge is -2.15. The van der Waals surface area contributed by atoms with E-state index in [4.69, 9.17) is 0 Å². The average Bonchev–Trinajstić information content (AvgIpc) is 2.94. The number of sulfonamides is 1. The molecule has 0 aliphatic heterocycles. The minimum absolute atomic E-state index is 0.392. The Hall–Kier alpha value is -0.850. The zero-order valence-electron chi connectivity index (χ0n) is 12.8. The first-order valence-corrected chi connectivity index (χ1v) is 8.62. The van der Waals surface area contributed by atoms with Gasteiger partial charge in [0.05, 0.1) is 0 Å². The molecule has 0 radical (unpaired) electrons. The van der Waals surface area contributed by atoms with Crippen LogP contribution in [0.25, 0.3) is 0 Å². The number of rotatable bonds is 7. The third kappa shape index (κ3) is 3.24. The van der Waals surface area contributed by atoms with E-state index in [9.17, 15) is 8.42 Å². The van der Waals surface area contributed by atoms with E-state index >= 15 is 0 Å². The van der Waals surface area contributed by atoms with Crippen LogP contribution in [0.5, 0.6) is 0 Å². The molecule has 1 aromatic heterocycles. The van der Waals surface area contributed by atoms with Gasteiger partial charge in [0.1, 0.15) is 4.90 Å². The van der Waals surface area contributed by atoms with Gasteiger partial charge in [-0.3, -0.25) is 0 Å². The molecule has 2 rings (SSSR count). The van der Waals surface area contributed by atoms with Gasteiger partial charge in [-0.05, 0) is 30.9 Å². The molecule has 0 aromatic carbocycles. The van der Waals surface area contributed by atoms with Gasteiger partial charge >= 0.3 is 0 Å². The molecule has 0 bridgehead atoms. The SMILES string of the molecule is CCNCc1cc(S(=O)(=O)N(C)CC2CC2C)cn1C. The van der Waals surface area contributed by atoms with Crippen LogP contribution in [0, 0.1) is 11.8 Å². The second-order valence-electron chi connectivity index (χ2n) is 5.82. The normalized spacial score (nSPS) is 22.4. The summed E-state index contributed by atoms with van der Waals surface area (Å²) in [5, 5.41) is 3.22. The third-order valence-corrected chi connectivity index (χ3v) is 5.90. The summed E-state index contributed by atoms with van der Waals surface area (Å²) in [6.45, 7) is 6.38. The highest BCUT2D eigenvalue weighted by atomic mass is 32.2. The van der Waals surface area contributed by atoms with Crippen LogP contribution in [0.15, 0.2) is 17.2 Å². The standard InChI is InChI=1S/C14H25N3O2S/c1-5-15-8-13-7-14(10-16(13)3)20(18,19)17(4)9-12-6-11(12)2/h7,10-12,15H,5-6,8-9H2,1-4H3. The van der Waals surface area contributed by atoms with E-state index in [0.29, 0.717) is 29.8 Å². The predicted octanol–water partition coefficient (Wildman–Crippen LogP) is 1.41. The van der Waals surface area contributed by atoms with Gasteiger partial charge in [-0.1, -0.05) is 13.8 Å². The van der Waals surface area contributed by atoms with Crippen LogP contribution in [0.2, 0.25) is 0 Å². The third-order valence-electron chi connectivity index (χ3n) is 4.11. The summed E-state index contributed by atoms with van der Waals surface area (Å²) in [5.41, 5.74) is 0.985. The second-order valence-corrected chi connectivity index (χ2v) is 7.86. The monoisotopic (exact) mass is 299 g/mol. The molecule has 1 saturated carbocycles. The van der Waals surface area contributed by atoms with E-state index in [2.05, 4.69) is 12.2 Å². The van der Waals surface area contributed by atoms with Crippen molar-refractivity contribution in [2.24, 2.45) is 18.9 Å². The molecular formula is C14H25N3O2S. The van der Waals surface area contributed by atoms with Crippen molar-refractivity contribution in [2.75, 3.05) is 20.1 Å². The Balaban J connectivity index is 2.12. The van der Waals surface area contributed by atoms with Gasteiger partial charge < -0.3 is 9.88 Å². The average molecular weight is 299 g/mol. The molecule has 0 saturated heterocycles. The summed E-state index contributed by atoms with van der Waals surface area (Å²) in [4.78, 5) is 0.392. The molecule has 1 fully saturated rings. The van der Waals surface area contributed by atoms with Crippen LogP contribution in [-0.4, -0.2) is 37.4 Å². The number of nitrogens with zero attached hydrogens (tertiary/aromatic N) is 2. The maximum Gasteiger partial charge on any atom is 0.244 e. The minimum Gasteiger partial charge on any atom is -0.352 e. The van der Waals surface area contributed by atoms with Crippen molar-refractivity contribution in [1.29, 1.82) is 0 Å². The van der Waals surface area contributed by atoms with Crippen LogP contribution < -0.4 is 5.32 Å². The van der Waals surface area contributed by atoms with Crippen molar-refractivity contribution in [3.63, 3.8) is 0 Å². The summed E-state index contributed by atoms with van der Waals surface area (Å²) in [6, 6.07) is 1.77. The zero-order chi connectivity index (χ0) is 14.9. The molecule has 6 heteroatoms. The highest BCUT2D eigenvalue weighted by Gasteiger charge is 2.36. The van der Waals surface area contributed by atoms with E-state index in [1.165, 1.54) is 4.31 Å². The smallest absolute Gasteiger partial charge is 0.244 e. The quantitative estimate of drug-likeness (QED) is 0.828. The van der Waals surface area contributed by atoms with E-state index in [1.54, 1.807) is 19.3 Å². The van der Waals surface area contributed by atoms with Crippen LogP contribution in [-0.2, 0) is 23.6 Å². The molecule has 1 N–H and O–H groups in total. The van der Waals surface area contributed by atoms with Crippen LogP contribution >= 0.6 is 0 Å². The van der Waals surface area contributed by atoms with E-state index in [-0.39, 0.29) is 0 Å². The van der Waals surface area contributed by atoms with Gasteiger partial charge in [0.15, 0.2) is 0 Å². The highest BCUT2D eigenvalue weighted by molar-refractivity contribution is 7.89. The molecule has 5 nitrogen and oxygen atoms in total. The maximum atomic E-state index is 12.5. The molecule has 1 aromatic rings. The fraction of sp³-hybridized carbons (Fsp3) is 0.714. The molecule has 1 aliphatic carbocycles. The molecule has 1 heterocycles. The van der Waals surface area contributed by atoms with Crippen molar-refractivity contribution in [3.8, 4) is 0 Å². The van der Waals surface area contributed by atoms with Gasteiger partial charge in [0.2, 0.25) is 10.0 Å². The number of aryl methyl sites for hydroxylation is 1. The molecular weight excluding hydrogens is 274 g/mol. The summed E-state index contributed by atoms with van der Waals surface area (Å²) in [6.07, 6.45) is 2.84. The first-order valence-electron chi connectivity index (χ1n) is 7.18. The van der Waals surface area contributed by atoms with Gasteiger partial charge in [0.25, 0.3) is 0 Å². The highest BCUT2D eigenvalue weighted by Crippen LogP contribution is 2.38. The van der Waals surface area contributed by atoms with Gasteiger partial charge in [-0.2, -0.15) is 0 Å². The molecule has 2 unspecified atom stereocenters. The van der Waals surface area contributed by atoms with E-state index < -0.39 is 10.0 Å². The second kappa shape index (κ2) is 5.87. The number of aromatic nitrogens is 1. The van der Waals surface area contributed by atoms with E-state index in [0.717, 1.165) is 18.7 Å². The predicted molar refractivity (Wildman–Crippen MR) is 79.9 cm³/mol. The number of nitrogens with one attached hydrogen (secondary N) is 1. The Kier molecular flexibility index (Phi) is 4.56. The molecule has 0 spiro atoms. The topological polar surface area (TPSA) is 54.3 Å². The van der Waals surface area contributed by atoms with Crippen LogP contribution in [0.1, 0.15) is 26.0 Å². The largest absolute Gasteiger partial charge is 0.352 e. The lowest BCUT2D eigenvalue weighted by molar-refractivity contribution is 0.444. The van der Waals surface area contributed by atoms with Crippen LogP contribution in [0.4, 0.5) is 0 Å². The summed E-state index contributed by atoms with van der Waals surface area (Å²) < 4.78 is 28.4. The fourth-order valence-electron chi connectivity index (χ4n) is 2.41. The van der Waals surface area contributed by atoms with Crippen molar-refractivity contribution in [1.82, 2.24) is 14.2 Å².